The Bertz CT molecular complexity index is 1040. The van der Waals surface area contributed by atoms with Crippen molar-refractivity contribution in [3.05, 3.63) is 88.5 Å². The molecule has 32 heavy (non-hydrogen) atoms. The Kier molecular flexibility index (Phi) is 6.34. The zero-order valence-corrected chi connectivity index (χ0v) is 19.1. The van der Waals surface area contributed by atoms with Gasteiger partial charge in [0.25, 0.3) is 0 Å². The summed E-state index contributed by atoms with van der Waals surface area (Å²) in [5.74, 6) is 0.755. The second-order valence-corrected chi connectivity index (χ2v) is 9.04. The van der Waals surface area contributed by atoms with Gasteiger partial charge >= 0.3 is 6.11 Å². The molecular formula is C28H30F2O2. The van der Waals surface area contributed by atoms with Crippen molar-refractivity contribution in [2.24, 2.45) is 5.92 Å². The van der Waals surface area contributed by atoms with Gasteiger partial charge in [0.05, 0.1) is 11.7 Å². The van der Waals surface area contributed by atoms with Crippen molar-refractivity contribution < 1.29 is 18.3 Å². The van der Waals surface area contributed by atoms with Crippen LogP contribution in [0.4, 0.5) is 8.78 Å². The highest BCUT2D eigenvalue weighted by molar-refractivity contribution is 5.71. The van der Waals surface area contributed by atoms with E-state index in [1.54, 1.807) is 36.4 Å². The Balaban J connectivity index is 1.55. The number of hydrogen-bond acceptors (Lipinski definition) is 2. The minimum atomic E-state index is -3.41. The van der Waals surface area contributed by atoms with Crippen LogP contribution in [0.5, 0.6) is 5.75 Å². The van der Waals surface area contributed by atoms with Gasteiger partial charge in [0.15, 0.2) is 0 Å². The molecule has 3 aromatic rings. The van der Waals surface area contributed by atoms with Crippen LogP contribution < -0.4 is 4.74 Å². The van der Waals surface area contributed by atoms with Gasteiger partial charge in [0.2, 0.25) is 0 Å². The average Bonchev–Trinajstić information content (AvgIpc) is 2.75. The highest BCUT2D eigenvalue weighted by Gasteiger charge is 2.34. The molecule has 1 fully saturated rings. The summed E-state index contributed by atoms with van der Waals surface area (Å²) in [5, 5.41) is 0. The molecule has 2 unspecified atom stereocenters. The van der Waals surface area contributed by atoms with Crippen molar-refractivity contribution in [1.82, 2.24) is 0 Å². The SMILES string of the molecule is Cc1ccc(OC(F)(F)c2ccc(-c3c(C)cc(C4CCC(C)CO4)cc3C)cc2)cc1. The van der Waals surface area contributed by atoms with Crippen LogP contribution in [-0.2, 0) is 10.8 Å². The van der Waals surface area contributed by atoms with Crippen LogP contribution in [0, 0.1) is 26.7 Å². The van der Waals surface area contributed by atoms with E-state index in [0.717, 1.165) is 40.8 Å². The van der Waals surface area contributed by atoms with Crippen LogP contribution in [0.15, 0.2) is 60.7 Å². The summed E-state index contributed by atoms with van der Waals surface area (Å²) in [6.45, 7) is 9.06. The van der Waals surface area contributed by atoms with Crippen molar-refractivity contribution in [2.45, 2.75) is 52.7 Å². The maximum Gasteiger partial charge on any atom is 0.426 e. The molecule has 0 saturated carbocycles. The van der Waals surface area contributed by atoms with E-state index >= 15 is 0 Å². The monoisotopic (exact) mass is 436 g/mol. The Morgan fingerprint density at radius 2 is 1.50 bits per heavy atom. The number of benzene rings is 3. The highest BCUT2D eigenvalue weighted by atomic mass is 19.3. The third-order valence-electron chi connectivity index (χ3n) is 6.21. The van der Waals surface area contributed by atoms with Gasteiger partial charge < -0.3 is 9.47 Å². The van der Waals surface area contributed by atoms with Crippen molar-refractivity contribution in [1.29, 1.82) is 0 Å². The molecule has 2 atom stereocenters. The largest absolute Gasteiger partial charge is 0.429 e. The number of hydrogen-bond donors (Lipinski definition) is 0. The van der Waals surface area contributed by atoms with E-state index in [1.807, 2.05) is 6.92 Å². The molecule has 0 amide bonds. The van der Waals surface area contributed by atoms with Crippen LogP contribution in [0.2, 0.25) is 0 Å². The fourth-order valence-corrected chi connectivity index (χ4v) is 4.43. The zero-order chi connectivity index (χ0) is 22.9. The summed E-state index contributed by atoms with van der Waals surface area (Å²) in [5.41, 5.74) is 6.26. The van der Waals surface area contributed by atoms with Crippen LogP contribution in [0.25, 0.3) is 11.1 Å². The molecule has 1 saturated heterocycles. The molecule has 0 bridgehead atoms. The predicted octanol–water partition coefficient (Wildman–Crippen LogP) is 7.89. The van der Waals surface area contributed by atoms with Gasteiger partial charge in [-0.15, -0.1) is 0 Å². The van der Waals surface area contributed by atoms with E-state index < -0.39 is 6.11 Å². The quantitative estimate of drug-likeness (QED) is 0.405. The van der Waals surface area contributed by atoms with Crippen molar-refractivity contribution in [2.75, 3.05) is 6.61 Å². The van der Waals surface area contributed by atoms with Crippen LogP contribution in [-0.4, -0.2) is 6.61 Å². The molecule has 168 valence electrons. The highest BCUT2D eigenvalue weighted by Crippen LogP contribution is 2.37. The predicted molar refractivity (Wildman–Crippen MR) is 124 cm³/mol. The van der Waals surface area contributed by atoms with Gasteiger partial charge in [-0.05, 0) is 91.6 Å². The van der Waals surface area contributed by atoms with E-state index in [0.29, 0.717) is 5.92 Å². The maximum atomic E-state index is 14.7. The molecule has 4 heteroatoms. The lowest BCUT2D eigenvalue weighted by atomic mass is 9.89. The number of rotatable bonds is 5. The van der Waals surface area contributed by atoms with Gasteiger partial charge in [-0.3, -0.25) is 0 Å². The second kappa shape index (κ2) is 9.03. The van der Waals surface area contributed by atoms with E-state index in [2.05, 4.69) is 32.9 Å². The van der Waals surface area contributed by atoms with Gasteiger partial charge in [0.1, 0.15) is 5.75 Å². The normalized spacial score (nSPS) is 19.1. The van der Waals surface area contributed by atoms with Crippen molar-refractivity contribution >= 4 is 0 Å². The summed E-state index contributed by atoms with van der Waals surface area (Å²) in [7, 11) is 0. The standard InChI is InChI=1S/C28H30F2O2/c1-18-5-12-25(13-6-18)32-28(29,30)24-10-8-22(9-11-24)27-20(3)15-23(16-21(27)4)26-14-7-19(2)17-31-26/h5-6,8-13,15-16,19,26H,7,14,17H2,1-4H3. The van der Waals surface area contributed by atoms with E-state index in [4.69, 9.17) is 9.47 Å². The number of aryl methyl sites for hydroxylation is 3. The number of alkyl halides is 2. The molecule has 2 nitrogen and oxygen atoms in total. The molecular weight excluding hydrogens is 406 g/mol. The van der Waals surface area contributed by atoms with E-state index in [9.17, 15) is 8.78 Å². The lowest BCUT2D eigenvalue weighted by Gasteiger charge is -2.28. The fraction of sp³-hybridized carbons (Fsp3) is 0.357. The zero-order valence-electron chi connectivity index (χ0n) is 19.1. The molecule has 0 aliphatic carbocycles. The molecule has 3 aromatic carbocycles. The molecule has 0 aromatic heterocycles. The molecule has 4 rings (SSSR count). The Morgan fingerprint density at radius 3 is 2.06 bits per heavy atom. The second-order valence-electron chi connectivity index (χ2n) is 9.04. The molecule has 1 aliphatic heterocycles. The Morgan fingerprint density at radius 1 is 0.875 bits per heavy atom. The number of ether oxygens (including phenoxy) is 2. The van der Waals surface area contributed by atoms with Gasteiger partial charge in [-0.2, -0.15) is 8.78 Å². The minimum absolute atomic E-state index is 0.137. The Labute approximate surface area is 189 Å². The maximum absolute atomic E-state index is 14.7. The van der Waals surface area contributed by atoms with Crippen LogP contribution in [0.1, 0.15) is 53.7 Å². The first-order valence-electron chi connectivity index (χ1n) is 11.2. The van der Waals surface area contributed by atoms with Crippen molar-refractivity contribution in [3.63, 3.8) is 0 Å². The Hall–Kier alpha value is -2.72. The summed E-state index contributed by atoms with van der Waals surface area (Å²) < 4.78 is 40.4. The first kappa shape index (κ1) is 22.5. The number of halogens is 2. The summed E-state index contributed by atoms with van der Waals surface area (Å²) in [6.07, 6.45) is -1.07. The van der Waals surface area contributed by atoms with Gasteiger partial charge in [-0.25, -0.2) is 0 Å². The molecule has 0 N–H and O–H groups in total. The van der Waals surface area contributed by atoms with E-state index in [1.165, 1.54) is 24.1 Å². The van der Waals surface area contributed by atoms with Crippen LogP contribution in [0.3, 0.4) is 0 Å². The third kappa shape index (κ3) is 4.86. The first-order valence-corrected chi connectivity index (χ1v) is 11.2. The summed E-state index contributed by atoms with van der Waals surface area (Å²) in [4.78, 5) is 0. The van der Waals surface area contributed by atoms with Gasteiger partial charge in [-0.1, -0.05) is 48.9 Å². The first-order chi connectivity index (χ1) is 15.2. The average molecular weight is 437 g/mol. The molecule has 1 heterocycles. The minimum Gasteiger partial charge on any atom is -0.429 e. The molecule has 0 spiro atoms. The summed E-state index contributed by atoms with van der Waals surface area (Å²) >= 11 is 0. The van der Waals surface area contributed by atoms with Crippen LogP contribution >= 0.6 is 0 Å². The smallest absolute Gasteiger partial charge is 0.426 e. The fourth-order valence-electron chi connectivity index (χ4n) is 4.43. The molecule has 0 radical (unpaired) electrons. The summed E-state index contributed by atoms with van der Waals surface area (Å²) in [6, 6.07) is 17.4. The van der Waals surface area contributed by atoms with Gasteiger partial charge in [0, 0.05) is 6.61 Å². The molecule has 1 aliphatic rings. The topological polar surface area (TPSA) is 18.5 Å². The van der Waals surface area contributed by atoms with Crippen molar-refractivity contribution in [3.8, 4) is 16.9 Å². The lowest BCUT2D eigenvalue weighted by molar-refractivity contribution is -0.185. The van der Waals surface area contributed by atoms with E-state index in [-0.39, 0.29) is 17.4 Å². The third-order valence-corrected chi connectivity index (χ3v) is 6.21. The lowest BCUT2D eigenvalue weighted by Crippen LogP contribution is -2.21.